The number of likely N-dealkylation sites (N-methyl/N-ethyl adjacent to an activating group) is 1. The van der Waals surface area contributed by atoms with Crippen molar-refractivity contribution in [2.24, 2.45) is 0 Å². The monoisotopic (exact) mass is 498 g/mol. The molecule has 0 saturated carbocycles. The fourth-order valence-electron chi connectivity index (χ4n) is 4.43. The summed E-state index contributed by atoms with van der Waals surface area (Å²) in [6.45, 7) is 3.76. The zero-order valence-electron chi connectivity index (χ0n) is 17.8. The molecule has 2 heterocycles. The van der Waals surface area contributed by atoms with Crippen molar-refractivity contribution in [2.45, 2.75) is 38.7 Å². The van der Waals surface area contributed by atoms with Crippen LogP contribution in [0.25, 0.3) is 0 Å². The third-order valence-electron chi connectivity index (χ3n) is 5.81. The van der Waals surface area contributed by atoms with Gasteiger partial charge in [-0.1, -0.05) is 18.5 Å². The Balaban J connectivity index is 2.09. The van der Waals surface area contributed by atoms with Gasteiger partial charge in [-0.25, -0.2) is 4.99 Å². The third-order valence-corrected chi connectivity index (χ3v) is 6.31. The summed E-state index contributed by atoms with van der Waals surface area (Å²) in [4.78, 5) is 16.2. The summed E-state index contributed by atoms with van der Waals surface area (Å²) in [7, 11) is 1.80. The van der Waals surface area contributed by atoms with Gasteiger partial charge in [0.05, 0.1) is 21.7 Å². The van der Waals surface area contributed by atoms with Gasteiger partial charge in [-0.05, 0) is 48.5 Å². The highest BCUT2D eigenvalue weighted by molar-refractivity contribution is 7.80. The van der Waals surface area contributed by atoms with Gasteiger partial charge in [0.25, 0.3) is 5.69 Å². The Labute approximate surface area is 198 Å². The van der Waals surface area contributed by atoms with Crippen LogP contribution in [-0.4, -0.2) is 40.0 Å². The predicted octanol–water partition coefficient (Wildman–Crippen LogP) is 3.02. The van der Waals surface area contributed by atoms with Gasteiger partial charge in [0, 0.05) is 25.1 Å². The number of benzene rings is 2. The topological polar surface area (TPSA) is 75.6 Å². The van der Waals surface area contributed by atoms with Gasteiger partial charge < -0.3 is 0 Å². The molecule has 0 aliphatic carbocycles. The number of fused-ring (bicyclic) bond motifs is 3. The minimum Gasteiger partial charge on any atom is -0.293 e. The number of nitro benzene ring substituents is 1. The molecule has 2 aromatic carbocycles. The molecule has 2 aliphatic heterocycles. The highest BCUT2D eigenvalue weighted by Crippen LogP contribution is 2.38. The van der Waals surface area contributed by atoms with Crippen LogP contribution in [0.15, 0.2) is 30.3 Å². The molecule has 1 fully saturated rings. The Morgan fingerprint density at radius 1 is 1.27 bits per heavy atom. The minimum absolute atomic E-state index is 0.171. The van der Waals surface area contributed by atoms with Crippen molar-refractivity contribution in [3.63, 3.8) is 0 Å². The van der Waals surface area contributed by atoms with Gasteiger partial charge in [-0.15, -0.1) is 0 Å². The number of alkyl halides is 3. The molecule has 174 valence electrons. The molecule has 2 N–H and O–H groups in total. The second-order valence-corrected chi connectivity index (χ2v) is 8.74. The molecule has 0 bridgehead atoms. The minimum atomic E-state index is -4.67. The molecule has 12 heteroatoms. The fourth-order valence-corrected chi connectivity index (χ4v) is 5.02. The van der Waals surface area contributed by atoms with Gasteiger partial charge in [-0.3, -0.25) is 20.4 Å². The third kappa shape index (κ3) is 3.94. The van der Waals surface area contributed by atoms with E-state index >= 15 is 0 Å². The number of nitrogens with one attached hydrogen (secondary N) is 2. The molecule has 2 unspecified atom stereocenters. The van der Waals surface area contributed by atoms with E-state index < -0.39 is 22.4 Å². The molecular formula is C21H20ClF3N5O2S+. The number of nitro groups is 1. The van der Waals surface area contributed by atoms with Crippen molar-refractivity contribution in [2.75, 3.05) is 11.9 Å². The van der Waals surface area contributed by atoms with E-state index in [9.17, 15) is 23.3 Å². The van der Waals surface area contributed by atoms with Crippen LogP contribution >= 0.6 is 23.8 Å². The number of hydrogen-bond donors (Lipinski definition) is 2. The van der Waals surface area contributed by atoms with Gasteiger partial charge in [0.15, 0.2) is 17.3 Å². The van der Waals surface area contributed by atoms with Crippen LogP contribution in [0.3, 0.4) is 0 Å². The zero-order valence-corrected chi connectivity index (χ0v) is 19.4. The summed E-state index contributed by atoms with van der Waals surface area (Å²) in [6, 6.07) is 5.38. The van der Waals surface area contributed by atoms with Crippen molar-refractivity contribution in [3.8, 4) is 0 Å². The van der Waals surface area contributed by atoms with E-state index in [-0.39, 0.29) is 23.5 Å². The van der Waals surface area contributed by atoms with Crippen molar-refractivity contribution < 1.29 is 23.1 Å². The average molecular weight is 499 g/mol. The summed E-state index contributed by atoms with van der Waals surface area (Å²) >= 11 is 11.9. The van der Waals surface area contributed by atoms with Crippen molar-refractivity contribution in [1.29, 1.82) is 0 Å². The van der Waals surface area contributed by atoms with Gasteiger partial charge in [0.1, 0.15) is 5.56 Å². The number of rotatable bonds is 3. The van der Waals surface area contributed by atoms with Crippen LogP contribution in [0.4, 0.5) is 24.5 Å². The number of hydrazine groups is 1. The van der Waals surface area contributed by atoms with E-state index in [2.05, 4.69) is 10.4 Å². The zero-order chi connectivity index (χ0) is 24.2. The summed E-state index contributed by atoms with van der Waals surface area (Å²) < 4.78 is 40.6. The first kappa shape index (κ1) is 23.4. The number of thiocarbonyl (C=S) groups is 1. The number of nitrogens with zero attached hydrogens (tertiary/aromatic N) is 3. The second-order valence-electron chi connectivity index (χ2n) is 7.92. The highest BCUT2D eigenvalue weighted by atomic mass is 35.5. The first-order chi connectivity index (χ1) is 15.4. The summed E-state index contributed by atoms with van der Waals surface area (Å²) in [6.07, 6.45) is -4.45. The quantitative estimate of drug-likeness (QED) is 0.385. The Morgan fingerprint density at radius 3 is 2.58 bits per heavy atom. The van der Waals surface area contributed by atoms with E-state index in [0.717, 1.165) is 17.7 Å². The van der Waals surface area contributed by atoms with Crippen molar-refractivity contribution in [3.05, 3.63) is 67.7 Å². The molecule has 2 aromatic rings. The molecule has 2 aliphatic rings. The summed E-state index contributed by atoms with van der Waals surface area (Å²) in [5, 5.41) is 14.4. The van der Waals surface area contributed by atoms with Crippen molar-refractivity contribution in [1.82, 2.24) is 10.4 Å². The van der Waals surface area contributed by atoms with Crippen LogP contribution in [0.1, 0.15) is 36.1 Å². The van der Waals surface area contributed by atoms with Gasteiger partial charge in [-0.2, -0.15) is 18.2 Å². The maximum absolute atomic E-state index is 13.5. The molecule has 33 heavy (non-hydrogen) atoms. The maximum Gasteiger partial charge on any atom is 0.416 e. The molecule has 0 spiro atoms. The van der Waals surface area contributed by atoms with Gasteiger partial charge >= 0.3 is 6.18 Å². The lowest BCUT2D eigenvalue weighted by Gasteiger charge is -2.28. The van der Waals surface area contributed by atoms with Gasteiger partial charge in [0.2, 0.25) is 5.71 Å². The molecule has 1 saturated heterocycles. The van der Waals surface area contributed by atoms with E-state index in [4.69, 9.17) is 23.8 Å². The van der Waals surface area contributed by atoms with Crippen LogP contribution in [-0.2, 0) is 12.6 Å². The van der Waals surface area contributed by atoms with Crippen molar-refractivity contribution >= 4 is 46.0 Å². The SMILES string of the molecule is CCc1cc(Cl)cc2c1N1C(=S)NN(C)C1C(C)[NH+]=C2c1cc(C(F)(F)F)ccc1[N+](=O)[O-]. The highest BCUT2D eigenvalue weighted by Gasteiger charge is 2.46. The maximum atomic E-state index is 13.5. The normalized spacial score (nSPS) is 20.6. The fraction of sp³-hybridized carbons (Fsp3) is 0.333. The molecule has 0 amide bonds. The number of halogens is 4. The first-order valence-electron chi connectivity index (χ1n) is 10.1. The first-order valence-corrected chi connectivity index (χ1v) is 10.9. The molecule has 4 rings (SSSR count). The lowest BCUT2D eigenvalue weighted by atomic mass is 9.94. The van der Waals surface area contributed by atoms with Crippen LogP contribution in [0.5, 0.6) is 0 Å². The summed E-state index contributed by atoms with van der Waals surface area (Å²) in [5.41, 5.74) is 3.58. The second kappa shape index (κ2) is 8.23. The Bertz CT molecular complexity index is 1200. The van der Waals surface area contributed by atoms with E-state index in [0.29, 0.717) is 33.9 Å². The summed E-state index contributed by atoms with van der Waals surface area (Å²) in [5.74, 6) is 0. The molecule has 2 atom stereocenters. The van der Waals surface area contributed by atoms with E-state index in [1.807, 2.05) is 18.7 Å². The number of anilines is 1. The van der Waals surface area contributed by atoms with Crippen LogP contribution in [0.2, 0.25) is 5.02 Å². The Morgan fingerprint density at radius 2 is 1.97 bits per heavy atom. The molecular weight excluding hydrogens is 479 g/mol. The predicted molar refractivity (Wildman–Crippen MR) is 122 cm³/mol. The molecule has 0 aromatic heterocycles. The average Bonchev–Trinajstić information content (AvgIpc) is 2.95. The number of aryl methyl sites for hydroxylation is 1. The largest absolute Gasteiger partial charge is 0.416 e. The van der Waals surface area contributed by atoms with Crippen LogP contribution < -0.4 is 15.3 Å². The van der Waals surface area contributed by atoms with Crippen LogP contribution in [0, 0.1) is 10.1 Å². The lowest BCUT2D eigenvalue weighted by Crippen LogP contribution is -2.83. The molecule has 7 nitrogen and oxygen atoms in total. The van der Waals surface area contributed by atoms with E-state index in [1.165, 1.54) is 0 Å². The molecule has 0 radical (unpaired) electrons. The standard InChI is InChI=1S/C21H19ClF3N5O2S/c1-4-11-7-13(22)9-15-17(14-8-12(21(23,24)25)5-6-16(14)30(31)32)26-10(2)19-28(3)27-20(33)29(19)18(11)15/h5-10,19H,4H2,1-3H3,(H,27,33)/p+1. The smallest absolute Gasteiger partial charge is 0.293 e. The number of hydrogen-bond acceptors (Lipinski definition) is 4. The Hall–Kier alpha value is -2.76. The van der Waals surface area contributed by atoms with E-state index in [1.54, 1.807) is 24.2 Å². The lowest BCUT2D eigenvalue weighted by molar-refractivity contribution is -0.504. The Kier molecular flexibility index (Phi) is 5.83.